The van der Waals surface area contributed by atoms with E-state index in [9.17, 15) is 0 Å². The molecule has 84 valence electrons. The molecule has 0 spiro atoms. The van der Waals surface area contributed by atoms with Crippen LogP contribution in [0.15, 0.2) is 34.2 Å². The number of aryl methyl sites for hydroxylation is 1. The highest BCUT2D eigenvalue weighted by atomic mass is 79.9. The zero-order chi connectivity index (χ0) is 11.5. The van der Waals surface area contributed by atoms with Crippen molar-refractivity contribution in [1.82, 2.24) is 14.8 Å². The van der Waals surface area contributed by atoms with Crippen LogP contribution in [-0.4, -0.2) is 14.8 Å². The molecule has 2 N–H and O–H groups in total. The number of hydrogen-bond donors (Lipinski definition) is 1. The zero-order valence-electron chi connectivity index (χ0n) is 8.72. The fourth-order valence-corrected chi connectivity index (χ4v) is 2.70. The fraction of sp³-hybridized carbons (Fsp3) is 0.200. The minimum absolute atomic E-state index is 0.767. The third-order valence-corrected chi connectivity index (χ3v) is 3.58. The van der Waals surface area contributed by atoms with E-state index in [1.807, 2.05) is 19.2 Å². The Labute approximate surface area is 106 Å². The molecule has 0 radical (unpaired) electrons. The van der Waals surface area contributed by atoms with Gasteiger partial charge in [0.25, 0.3) is 0 Å². The molecule has 0 fully saturated rings. The highest BCUT2D eigenvalue weighted by molar-refractivity contribution is 9.10. The summed E-state index contributed by atoms with van der Waals surface area (Å²) in [6, 6.07) is 5.91. The molecule has 0 amide bonds. The molecule has 0 unspecified atom stereocenters. The van der Waals surface area contributed by atoms with Crippen LogP contribution in [0, 0.1) is 0 Å². The molecule has 4 nitrogen and oxygen atoms in total. The van der Waals surface area contributed by atoms with Crippen LogP contribution in [0.1, 0.15) is 5.56 Å². The molecule has 0 saturated heterocycles. The van der Waals surface area contributed by atoms with Gasteiger partial charge in [0.05, 0.1) is 0 Å². The zero-order valence-corrected chi connectivity index (χ0v) is 11.1. The van der Waals surface area contributed by atoms with Gasteiger partial charge in [-0.15, -0.1) is 0 Å². The highest BCUT2D eigenvalue weighted by Gasteiger charge is 2.03. The van der Waals surface area contributed by atoms with Crippen molar-refractivity contribution >= 4 is 33.4 Å². The summed E-state index contributed by atoms with van der Waals surface area (Å²) < 4.78 is 2.76. The van der Waals surface area contributed by atoms with E-state index in [1.165, 1.54) is 5.56 Å². The summed E-state index contributed by atoms with van der Waals surface area (Å²) in [6.07, 6.45) is 1.55. The Morgan fingerprint density at radius 2 is 2.25 bits per heavy atom. The largest absolute Gasteiger partial charge is 0.399 e. The molecule has 0 saturated carbocycles. The van der Waals surface area contributed by atoms with Crippen LogP contribution < -0.4 is 5.73 Å². The van der Waals surface area contributed by atoms with Crippen molar-refractivity contribution in [2.24, 2.45) is 7.05 Å². The number of thioether (sulfide) groups is 1. The van der Waals surface area contributed by atoms with E-state index in [0.717, 1.165) is 21.1 Å². The minimum Gasteiger partial charge on any atom is -0.399 e. The number of nitrogen functional groups attached to an aromatic ring is 1. The molecular weight excluding hydrogens is 288 g/mol. The van der Waals surface area contributed by atoms with E-state index < -0.39 is 0 Å². The fourth-order valence-electron chi connectivity index (χ4n) is 1.32. The third kappa shape index (κ3) is 2.76. The van der Waals surface area contributed by atoms with Crippen LogP contribution in [-0.2, 0) is 12.8 Å². The van der Waals surface area contributed by atoms with Crippen LogP contribution in [0.4, 0.5) is 5.69 Å². The first-order valence-corrected chi connectivity index (χ1v) is 6.45. The van der Waals surface area contributed by atoms with Gasteiger partial charge in [0.15, 0.2) is 5.16 Å². The van der Waals surface area contributed by atoms with Gasteiger partial charge in [0, 0.05) is 23.0 Å². The summed E-state index contributed by atoms with van der Waals surface area (Å²) >= 11 is 5.06. The van der Waals surface area contributed by atoms with Crippen LogP contribution in [0.2, 0.25) is 0 Å². The summed E-state index contributed by atoms with van der Waals surface area (Å²) in [4.78, 5) is 4.15. The first-order chi connectivity index (χ1) is 7.65. The second kappa shape index (κ2) is 4.88. The van der Waals surface area contributed by atoms with Crippen LogP contribution in [0.5, 0.6) is 0 Å². The van der Waals surface area contributed by atoms with Crippen molar-refractivity contribution in [2.75, 3.05) is 5.73 Å². The maximum Gasteiger partial charge on any atom is 0.186 e. The molecule has 0 atom stereocenters. The normalized spacial score (nSPS) is 10.6. The molecule has 6 heteroatoms. The van der Waals surface area contributed by atoms with Gasteiger partial charge in [-0.3, -0.25) is 0 Å². The van der Waals surface area contributed by atoms with Crippen LogP contribution >= 0.6 is 27.7 Å². The minimum atomic E-state index is 0.767. The van der Waals surface area contributed by atoms with Crippen LogP contribution in [0.25, 0.3) is 0 Å². The average molecular weight is 299 g/mol. The topological polar surface area (TPSA) is 56.7 Å². The molecule has 0 aliphatic carbocycles. The van der Waals surface area contributed by atoms with Crippen LogP contribution in [0.3, 0.4) is 0 Å². The molecule has 1 aromatic carbocycles. The predicted molar refractivity (Wildman–Crippen MR) is 69.1 cm³/mol. The Hall–Kier alpha value is -1.01. The third-order valence-electron chi connectivity index (χ3n) is 2.02. The first-order valence-electron chi connectivity index (χ1n) is 4.67. The van der Waals surface area contributed by atoms with Gasteiger partial charge in [0.2, 0.25) is 0 Å². The van der Waals surface area contributed by atoms with Crippen molar-refractivity contribution in [3.05, 3.63) is 34.6 Å². The highest BCUT2D eigenvalue weighted by Crippen LogP contribution is 2.24. The van der Waals surface area contributed by atoms with Gasteiger partial charge in [-0.25, -0.2) is 9.67 Å². The maximum atomic E-state index is 5.77. The predicted octanol–water partition coefficient (Wildman–Crippen LogP) is 2.45. The van der Waals surface area contributed by atoms with E-state index in [2.05, 4.69) is 32.1 Å². The Kier molecular flexibility index (Phi) is 3.50. The van der Waals surface area contributed by atoms with Crippen molar-refractivity contribution in [2.45, 2.75) is 10.9 Å². The average Bonchev–Trinajstić information content (AvgIpc) is 2.59. The summed E-state index contributed by atoms with van der Waals surface area (Å²) in [5, 5.41) is 4.92. The number of nitrogens with zero attached hydrogens (tertiary/aromatic N) is 3. The molecule has 1 heterocycles. The number of rotatable bonds is 3. The number of nitrogens with two attached hydrogens (primary N) is 1. The van der Waals surface area contributed by atoms with Gasteiger partial charge in [0.1, 0.15) is 6.33 Å². The lowest BCUT2D eigenvalue weighted by Crippen LogP contribution is -1.93. The quantitative estimate of drug-likeness (QED) is 0.698. The van der Waals surface area contributed by atoms with Crippen molar-refractivity contribution in [3.63, 3.8) is 0 Å². The monoisotopic (exact) mass is 298 g/mol. The molecule has 2 aromatic rings. The summed E-state index contributed by atoms with van der Waals surface area (Å²) in [6.45, 7) is 0. The molecule has 2 rings (SSSR count). The SMILES string of the molecule is Cn1ncnc1SCc1cc(N)cc(Br)c1. The second-order valence-corrected chi connectivity index (χ2v) is 5.21. The van der Waals surface area contributed by atoms with Crippen molar-refractivity contribution < 1.29 is 0 Å². The summed E-state index contributed by atoms with van der Waals surface area (Å²) in [5.41, 5.74) is 7.70. The lowest BCUT2D eigenvalue weighted by molar-refractivity contribution is 0.685. The van der Waals surface area contributed by atoms with E-state index in [1.54, 1.807) is 22.8 Å². The molecule has 0 aliphatic heterocycles. The molecule has 0 bridgehead atoms. The maximum absolute atomic E-state index is 5.77. The number of halogens is 1. The van der Waals surface area contributed by atoms with E-state index in [-0.39, 0.29) is 0 Å². The number of aromatic nitrogens is 3. The van der Waals surface area contributed by atoms with E-state index >= 15 is 0 Å². The summed E-state index contributed by atoms with van der Waals surface area (Å²) in [7, 11) is 1.88. The lowest BCUT2D eigenvalue weighted by Gasteiger charge is -2.03. The second-order valence-electron chi connectivity index (χ2n) is 3.35. The molecular formula is C10H11BrN4S. The number of anilines is 1. The standard InChI is InChI=1S/C10H11BrN4S/c1-15-10(13-6-14-15)16-5-7-2-8(11)4-9(12)3-7/h2-4,6H,5,12H2,1H3. The first kappa shape index (κ1) is 11.5. The summed E-state index contributed by atoms with van der Waals surface area (Å²) in [5.74, 6) is 0.830. The Bertz CT molecular complexity index is 477. The Morgan fingerprint density at radius 1 is 1.44 bits per heavy atom. The number of hydrogen-bond acceptors (Lipinski definition) is 4. The number of benzene rings is 1. The van der Waals surface area contributed by atoms with Crippen molar-refractivity contribution in [3.8, 4) is 0 Å². The van der Waals surface area contributed by atoms with Gasteiger partial charge >= 0.3 is 0 Å². The van der Waals surface area contributed by atoms with Crippen molar-refractivity contribution in [1.29, 1.82) is 0 Å². The van der Waals surface area contributed by atoms with E-state index in [0.29, 0.717) is 0 Å². The smallest absolute Gasteiger partial charge is 0.186 e. The van der Waals surface area contributed by atoms with Gasteiger partial charge in [-0.05, 0) is 23.8 Å². The van der Waals surface area contributed by atoms with E-state index in [4.69, 9.17) is 5.73 Å². The molecule has 1 aromatic heterocycles. The molecule has 16 heavy (non-hydrogen) atoms. The molecule has 0 aliphatic rings. The van der Waals surface area contributed by atoms with Gasteiger partial charge in [-0.1, -0.05) is 27.7 Å². The Balaban J connectivity index is 2.07. The Morgan fingerprint density at radius 3 is 2.88 bits per heavy atom. The van der Waals surface area contributed by atoms with Gasteiger partial charge < -0.3 is 5.73 Å². The van der Waals surface area contributed by atoms with Gasteiger partial charge in [-0.2, -0.15) is 5.10 Å². The lowest BCUT2D eigenvalue weighted by atomic mass is 10.2.